The number of carbonyl (C=O) groups excluding carboxylic acids is 1. The van der Waals surface area contributed by atoms with E-state index in [4.69, 9.17) is 5.73 Å². The number of anilines is 2. The van der Waals surface area contributed by atoms with E-state index in [1.165, 1.54) is 0 Å². The minimum atomic E-state index is -0.0911. The number of carbonyl (C=O) groups is 1. The van der Waals surface area contributed by atoms with Crippen molar-refractivity contribution in [3.8, 4) is 0 Å². The second kappa shape index (κ2) is 5.56. The molecule has 4 N–H and O–H groups in total. The van der Waals surface area contributed by atoms with Gasteiger partial charge in [-0.15, -0.1) is 0 Å². The maximum atomic E-state index is 11.8. The van der Waals surface area contributed by atoms with E-state index in [0.29, 0.717) is 23.8 Å². The van der Waals surface area contributed by atoms with Crippen LogP contribution in [0.5, 0.6) is 0 Å². The van der Waals surface area contributed by atoms with Crippen LogP contribution in [0, 0.1) is 0 Å². The average Bonchev–Trinajstić information content (AvgIpc) is 2.80. The molecule has 0 fully saturated rings. The number of nitrogens with one attached hydrogen (secondary N) is 2. The molecule has 0 radical (unpaired) electrons. The molecule has 0 saturated heterocycles. The van der Waals surface area contributed by atoms with Gasteiger partial charge in [0.05, 0.1) is 6.42 Å². The highest BCUT2D eigenvalue weighted by atomic mass is 16.1. The summed E-state index contributed by atoms with van der Waals surface area (Å²) in [6.07, 6.45) is 0.310. The Kier molecular flexibility index (Phi) is 3.85. The lowest BCUT2D eigenvalue weighted by Gasteiger charge is -2.02. The number of benzene rings is 1. The standard InChI is InChI=1S/C14H18N4O/c1-9(2)12-8-13(18-17-12)16-14(19)7-10-3-5-11(15)6-4-10/h3-6,8-9H,7,15H2,1-2H3,(H2,16,17,18,19). The molecule has 2 aromatic rings. The SMILES string of the molecule is CC(C)c1cc(NC(=O)Cc2ccc(N)cc2)n[nH]1. The van der Waals surface area contributed by atoms with Crippen LogP contribution in [-0.2, 0) is 11.2 Å². The molecule has 0 unspecified atom stereocenters. The van der Waals surface area contributed by atoms with Crippen LogP contribution >= 0.6 is 0 Å². The van der Waals surface area contributed by atoms with Crippen molar-refractivity contribution in [2.75, 3.05) is 11.1 Å². The molecule has 0 saturated carbocycles. The predicted octanol–water partition coefficient (Wildman–Crippen LogP) is 2.30. The molecule has 0 aliphatic carbocycles. The zero-order chi connectivity index (χ0) is 13.8. The first kappa shape index (κ1) is 13.1. The number of aromatic amines is 1. The van der Waals surface area contributed by atoms with E-state index < -0.39 is 0 Å². The number of amides is 1. The maximum absolute atomic E-state index is 11.8. The van der Waals surface area contributed by atoms with Crippen LogP contribution in [0.4, 0.5) is 11.5 Å². The Morgan fingerprint density at radius 1 is 1.37 bits per heavy atom. The van der Waals surface area contributed by atoms with Gasteiger partial charge in [0, 0.05) is 17.4 Å². The molecular formula is C14H18N4O. The second-order valence-corrected chi connectivity index (χ2v) is 4.83. The van der Waals surface area contributed by atoms with E-state index in [1.807, 2.05) is 18.2 Å². The number of nitrogens with two attached hydrogens (primary N) is 1. The lowest BCUT2D eigenvalue weighted by Crippen LogP contribution is -2.14. The zero-order valence-electron chi connectivity index (χ0n) is 11.1. The fourth-order valence-corrected chi connectivity index (χ4v) is 1.70. The van der Waals surface area contributed by atoms with Gasteiger partial charge in [0.15, 0.2) is 5.82 Å². The third kappa shape index (κ3) is 3.58. The Bertz CT molecular complexity index is 557. The smallest absolute Gasteiger partial charge is 0.229 e. The highest BCUT2D eigenvalue weighted by Gasteiger charge is 2.08. The van der Waals surface area contributed by atoms with Crippen molar-refractivity contribution in [1.82, 2.24) is 10.2 Å². The van der Waals surface area contributed by atoms with Crippen molar-refractivity contribution < 1.29 is 4.79 Å². The summed E-state index contributed by atoms with van der Waals surface area (Å²) < 4.78 is 0. The Balaban J connectivity index is 1.95. The van der Waals surface area contributed by atoms with E-state index in [1.54, 1.807) is 12.1 Å². The van der Waals surface area contributed by atoms with E-state index >= 15 is 0 Å². The van der Waals surface area contributed by atoms with Gasteiger partial charge in [-0.2, -0.15) is 5.10 Å². The molecule has 2 rings (SSSR count). The zero-order valence-corrected chi connectivity index (χ0v) is 11.1. The molecule has 5 heteroatoms. The van der Waals surface area contributed by atoms with Crippen LogP contribution in [-0.4, -0.2) is 16.1 Å². The summed E-state index contributed by atoms with van der Waals surface area (Å²) in [4.78, 5) is 11.8. The monoisotopic (exact) mass is 258 g/mol. The Hall–Kier alpha value is -2.30. The Morgan fingerprint density at radius 2 is 2.05 bits per heavy atom. The summed E-state index contributed by atoms with van der Waals surface area (Å²) in [6.45, 7) is 4.13. The number of hydrogen-bond donors (Lipinski definition) is 3. The van der Waals surface area contributed by atoms with Crippen molar-refractivity contribution >= 4 is 17.4 Å². The van der Waals surface area contributed by atoms with Crippen LogP contribution in [0.15, 0.2) is 30.3 Å². The third-order valence-electron chi connectivity index (χ3n) is 2.83. The number of hydrogen-bond acceptors (Lipinski definition) is 3. The molecule has 0 spiro atoms. The highest BCUT2D eigenvalue weighted by molar-refractivity contribution is 5.91. The summed E-state index contributed by atoms with van der Waals surface area (Å²) in [7, 11) is 0. The van der Waals surface area contributed by atoms with Crippen molar-refractivity contribution in [3.05, 3.63) is 41.6 Å². The van der Waals surface area contributed by atoms with E-state index in [9.17, 15) is 4.79 Å². The summed E-state index contributed by atoms with van der Waals surface area (Å²) in [5.74, 6) is 0.825. The van der Waals surface area contributed by atoms with Gasteiger partial charge >= 0.3 is 0 Å². The minimum Gasteiger partial charge on any atom is -0.399 e. The lowest BCUT2D eigenvalue weighted by atomic mass is 10.1. The summed E-state index contributed by atoms with van der Waals surface area (Å²) in [5, 5.41) is 9.72. The first-order valence-corrected chi connectivity index (χ1v) is 6.24. The first-order chi connectivity index (χ1) is 9.04. The van der Waals surface area contributed by atoms with Gasteiger partial charge in [-0.05, 0) is 23.6 Å². The summed E-state index contributed by atoms with van der Waals surface area (Å²) in [6, 6.07) is 9.12. The van der Waals surface area contributed by atoms with Crippen molar-refractivity contribution in [2.45, 2.75) is 26.2 Å². The van der Waals surface area contributed by atoms with Crippen LogP contribution in [0.2, 0.25) is 0 Å². The van der Waals surface area contributed by atoms with Gasteiger partial charge in [0.1, 0.15) is 0 Å². The molecule has 0 aliphatic heterocycles. The lowest BCUT2D eigenvalue weighted by molar-refractivity contribution is -0.115. The molecule has 1 heterocycles. The number of nitrogen functional groups attached to an aromatic ring is 1. The fraction of sp³-hybridized carbons (Fsp3) is 0.286. The van der Waals surface area contributed by atoms with Crippen LogP contribution in [0.3, 0.4) is 0 Å². The van der Waals surface area contributed by atoms with Gasteiger partial charge in [-0.25, -0.2) is 0 Å². The molecule has 1 aromatic carbocycles. The van der Waals surface area contributed by atoms with Crippen LogP contribution in [0.1, 0.15) is 31.0 Å². The fourth-order valence-electron chi connectivity index (χ4n) is 1.70. The molecule has 19 heavy (non-hydrogen) atoms. The van der Waals surface area contributed by atoms with Crippen LogP contribution in [0.25, 0.3) is 0 Å². The van der Waals surface area contributed by atoms with E-state index in [-0.39, 0.29) is 5.91 Å². The molecule has 5 nitrogen and oxygen atoms in total. The Labute approximate surface area is 112 Å². The van der Waals surface area contributed by atoms with Crippen molar-refractivity contribution in [3.63, 3.8) is 0 Å². The van der Waals surface area contributed by atoms with Crippen molar-refractivity contribution in [2.24, 2.45) is 0 Å². The van der Waals surface area contributed by atoms with Crippen molar-refractivity contribution in [1.29, 1.82) is 0 Å². The normalized spacial score (nSPS) is 10.7. The molecule has 0 atom stereocenters. The topological polar surface area (TPSA) is 83.8 Å². The van der Waals surface area contributed by atoms with Gasteiger partial charge in [-0.3, -0.25) is 9.89 Å². The summed E-state index contributed by atoms with van der Waals surface area (Å²) >= 11 is 0. The predicted molar refractivity (Wildman–Crippen MR) is 75.9 cm³/mol. The molecule has 1 amide bonds. The number of aromatic nitrogens is 2. The molecule has 0 bridgehead atoms. The number of nitrogens with zero attached hydrogens (tertiary/aromatic N) is 1. The molecular weight excluding hydrogens is 240 g/mol. The second-order valence-electron chi connectivity index (χ2n) is 4.83. The third-order valence-corrected chi connectivity index (χ3v) is 2.83. The quantitative estimate of drug-likeness (QED) is 0.736. The number of H-pyrrole nitrogens is 1. The van der Waals surface area contributed by atoms with E-state index in [0.717, 1.165) is 11.3 Å². The molecule has 1 aromatic heterocycles. The average molecular weight is 258 g/mol. The first-order valence-electron chi connectivity index (χ1n) is 6.24. The molecule has 100 valence electrons. The van der Waals surface area contributed by atoms with Gasteiger partial charge in [-0.1, -0.05) is 26.0 Å². The van der Waals surface area contributed by atoms with Crippen LogP contribution < -0.4 is 11.1 Å². The highest BCUT2D eigenvalue weighted by Crippen LogP contribution is 2.15. The van der Waals surface area contributed by atoms with Gasteiger partial charge < -0.3 is 11.1 Å². The van der Waals surface area contributed by atoms with E-state index in [2.05, 4.69) is 29.4 Å². The Morgan fingerprint density at radius 3 is 2.63 bits per heavy atom. The minimum absolute atomic E-state index is 0.0911. The van der Waals surface area contributed by atoms with Gasteiger partial charge in [0.25, 0.3) is 0 Å². The van der Waals surface area contributed by atoms with Gasteiger partial charge in [0.2, 0.25) is 5.91 Å². The maximum Gasteiger partial charge on any atom is 0.229 e. The largest absolute Gasteiger partial charge is 0.399 e. The summed E-state index contributed by atoms with van der Waals surface area (Å²) in [5.41, 5.74) is 8.22. The number of rotatable bonds is 4. The molecule has 0 aliphatic rings.